The number of benzene rings is 1. The van der Waals surface area contributed by atoms with Gasteiger partial charge in [0.05, 0.1) is 12.1 Å². The summed E-state index contributed by atoms with van der Waals surface area (Å²) in [6.45, 7) is 2.18. The Labute approximate surface area is 127 Å². The summed E-state index contributed by atoms with van der Waals surface area (Å²) in [5.74, 6) is -0.270. The van der Waals surface area contributed by atoms with Crippen molar-refractivity contribution >= 4 is 22.7 Å². The van der Waals surface area contributed by atoms with Crippen LogP contribution in [0.3, 0.4) is 0 Å². The minimum absolute atomic E-state index is 0.0588. The topological polar surface area (TPSA) is 78.5 Å². The number of nitrogens with one attached hydrogen (secondary N) is 1. The smallest absolute Gasteiger partial charge is 0.275 e. The largest absolute Gasteiger partial charge is 0.383 e. The molecule has 1 aromatic carbocycles. The van der Waals surface area contributed by atoms with Crippen LogP contribution in [0.5, 0.6) is 0 Å². The summed E-state index contributed by atoms with van der Waals surface area (Å²) in [5.41, 5.74) is 1.18. The fourth-order valence-electron chi connectivity index (χ4n) is 2.60. The first kappa shape index (κ1) is 14.5. The second kappa shape index (κ2) is 6.15. The van der Waals surface area contributed by atoms with E-state index in [1.165, 1.54) is 0 Å². The second-order valence-corrected chi connectivity index (χ2v) is 5.22. The maximum Gasteiger partial charge on any atom is 0.275 e. The number of nitrogens with zero attached hydrogens (tertiary/aromatic N) is 3. The molecule has 0 radical (unpaired) electrons. The summed E-state index contributed by atoms with van der Waals surface area (Å²) in [4.78, 5) is 28.0. The fraction of sp³-hybridized carbons (Fsp3) is 0.400. The van der Waals surface area contributed by atoms with Crippen LogP contribution in [0.4, 0.5) is 0 Å². The predicted octanol–water partition coefficient (Wildman–Crippen LogP) is 0.494. The van der Waals surface area contributed by atoms with Gasteiger partial charge in [-0.2, -0.15) is 5.10 Å². The van der Waals surface area contributed by atoms with Crippen LogP contribution in [0.25, 0.3) is 10.9 Å². The number of aromatic nitrogens is 2. The molecule has 1 fully saturated rings. The number of carbonyl (C=O) groups is 2. The van der Waals surface area contributed by atoms with Crippen molar-refractivity contribution in [3.8, 4) is 0 Å². The average Bonchev–Trinajstić information content (AvgIpc) is 2.97. The number of piperazine rings is 1. The van der Waals surface area contributed by atoms with E-state index in [-0.39, 0.29) is 18.4 Å². The maximum absolute atomic E-state index is 12.6. The van der Waals surface area contributed by atoms with Crippen LogP contribution in [-0.2, 0) is 9.53 Å². The number of para-hydroxylation sites is 1. The lowest BCUT2D eigenvalue weighted by Gasteiger charge is -2.33. The van der Waals surface area contributed by atoms with Gasteiger partial charge in [0.2, 0.25) is 5.91 Å². The zero-order chi connectivity index (χ0) is 15.5. The Balaban J connectivity index is 1.73. The zero-order valence-electron chi connectivity index (χ0n) is 12.4. The van der Waals surface area contributed by atoms with Gasteiger partial charge in [0, 0.05) is 32.1 Å². The number of H-pyrrole nitrogens is 1. The fourth-order valence-corrected chi connectivity index (χ4v) is 2.60. The molecule has 0 unspecified atom stereocenters. The zero-order valence-corrected chi connectivity index (χ0v) is 12.4. The molecule has 7 heteroatoms. The summed E-state index contributed by atoms with van der Waals surface area (Å²) in [7, 11) is 1.60. The standard InChI is InChI=1S/C15H18N4O3/c1-22-9-8-18-6-7-19(10-13(18)20)15(21)14-11-4-2-3-5-12(11)16-17-14/h2-5H,6-10H2,1H3,(H,16,17). The van der Waals surface area contributed by atoms with Crippen LogP contribution in [0, 0.1) is 0 Å². The van der Waals surface area contributed by atoms with E-state index in [1.54, 1.807) is 16.9 Å². The van der Waals surface area contributed by atoms with E-state index in [2.05, 4.69) is 10.2 Å². The predicted molar refractivity (Wildman–Crippen MR) is 80.5 cm³/mol. The highest BCUT2D eigenvalue weighted by molar-refractivity contribution is 6.05. The number of rotatable bonds is 4. The first-order chi connectivity index (χ1) is 10.7. The average molecular weight is 302 g/mol. The quantitative estimate of drug-likeness (QED) is 0.892. The lowest BCUT2D eigenvalue weighted by atomic mass is 10.2. The number of aromatic amines is 1. The minimum Gasteiger partial charge on any atom is -0.383 e. The Morgan fingerprint density at radius 1 is 1.36 bits per heavy atom. The van der Waals surface area contributed by atoms with Crippen molar-refractivity contribution < 1.29 is 14.3 Å². The van der Waals surface area contributed by atoms with Crippen molar-refractivity contribution in [3.05, 3.63) is 30.0 Å². The lowest BCUT2D eigenvalue weighted by molar-refractivity contribution is -0.135. The molecule has 3 rings (SSSR count). The molecular weight excluding hydrogens is 284 g/mol. The number of amides is 2. The first-order valence-electron chi connectivity index (χ1n) is 7.20. The first-order valence-corrected chi connectivity index (χ1v) is 7.20. The van der Waals surface area contributed by atoms with Crippen LogP contribution in [-0.4, -0.2) is 71.7 Å². The van der Waals surface area contributed by atoms with Crippen molar-refractivity contribution in [3.63, 3.8) is 0 Å². The van der Waals surface area contributed by atoms with E-state index in [9.17, 15) is 9.59 Å². The number of hydrogen-bond acceptors (Lipinski definition) is 4. The summed E-state index contributed by atoms with van der Waals surface area (Å²) >= 11 is 0. The molecule has 1 aliphatic rings. The van der Waals surface area contributed by atoms with Crippen molar-refractivity contribution in [2.24, 2.45) is 0 Å². The highest BCUT2D eigenvalue weighted by Crippen LogP contribution is 2.17. The third-order valence-electron chi connectivity index (χ3n) is 3.84. The molecule has 22 heavy (non-hydrogen) atoms. The van der Waals surface area contributed by atoms with Crippen LogP contribution in [0.15, 0.2) is 24.3 Å². The van der Waals surface area contributed by atoms with Gasteiger partial charge in [-0.3, -0.25) is 14.7 Å². The van der Waals surface area contributed by atoms with E-state index in [1.807, 2.05) is 24.3 Å². The van der Waals surface area contributed by atoms with Gasteiger partial charge in [-0.1, -0.05) is 18.2 Å². The lowest BCUT2D eigenvalue weighted by Crippen LogP contribution is -2.53. The molecule has 0 saturated carbocycles. The minimum atomic E-state index is -0.211. The molecule has 0 atom stereocenters. The van der Waals surface area contributed by atoms with Crippen molar-refractivity contribution in [1.29, 1.82) is 0 Å². The van der Waals surface area contributed by atoms with Gasteiger partial charge in [-0.25, -0.2) is 0 Å². The Kier molecular flexibility index (Phi) is 4.06. The number of methoxy groups -OCH3 is 1. The molecule has 1 N–H and O–H groups in total. The molecule has 116 valence electrons. The molecule has 0 spiro atoms. The number of ether oxygens (including phenoxy) is 1. The van der Waals surface area contributed by atoms with Crippen LogP contribution < -0.4 is 0 Å². The van der Waals surface area contributed by atoms with Gasteiger partial charge >= 0.3 is 0 Å². The highest BCUT2D eigenvalue weighted by Gasteiger charge is 2.29. The Bertz CT molecular complexity index is 697. The highest BCUT2D eigenvalue weighted by atomic mass is 16.5. The maximum atomic E-state index is 12.6. The SMILES string of the molecule is COCCN1CCN(C(=O)c2n[nH]c3ccccc23)CC1=O. The summed E-state index contributed by atoms with van der Waals surface area (Å²) in [5, 5.41) is 7.73. The third-order valence-corrected chi connectivity index (χ3v) is 3.84. The molecule has 1 aromatic heterocycles. The summed E-state index contributed by atoms with van der Waals surface area (Å²) in [6, 6.07) is 7.46. The van der Waals surface area contributed by atoms with E-state index in [0.29, 0.717) is 31.9 Å². The summed E-state index contributed by atoms with van der Waals surface area (Å²) < 4.78 is 4.99. The van der Waals surface area contributed by atoms with E-state index < -0.39 is 0 Å². The molecule has 2 heterocycles. The van der Waals surface area contributed by atoms with Crippen LogP contribution in [0.2, 0.25) is 0 Å². The number of carbonyl (C=O) groups excluding carboxylic acids is 2. The molecule has 0 bridgehead atoms. The van der Waals surface area contributed by atoms with E-state index in [0.717, 1.165) is 10.9 Å². The molecule has 1 saturated heterocycles. The van der Waals surface area contributed by atoms with Gasteiger partial charge in [0.25, 0.3) is 5.91 Å². The van der Waals surface area contributed by atoms with Crippen molar-refractivity contribution in [2.45, 2.75) is 0 Å². The molecular formula is C15H18N4O3. The van der Waals surface area contributed by atoms with Crippen molar-refractivity contribution in [1.82, 2.24) is 20.0 Å². The van der Waals surface area contributed by atoms with Gasteiger partial charge in [0.1, 0.15) is 6.54 Å². The normalized spacial score (nSPS) is 15.6. The Morgan fingerprint density at radius 2 is 2.18 bits per heavy atom. The van der Waals surface area contributed by atoms with Gasteiger partial charge in [-0.15, -0.1) is 0 Å². The molecule has 2 aromatic rings. The van der Waals surface area contributed by atoms with Crippen LogP contribution in [0.1, 0.15) is 10.5 Å². The van der Waals surface area contributed by atoms with Gasteiger partial charge in [-0.05, 0) is 6.07 Å². The Morgan fingerprint density at radius 3 is 2.95 bits per heavy atom. The number of hydrogen-bond donors (Lipinski definition) is 1. The van der Waals surface area contributed by atoms with Crippen LogP contribution >= 0.6 is 0 Å². The molecule has 0 aliphatic carbocycles. The Hall–Kier alpha value is -2.41. The molecule has 2 amide bonds. The molecule has 1 aliphatic heterocycles. The van der Waals surface area contributed by atoms with Gasteiger partial charge in [0.15, 0.2) is 5.69 Å². The number of fused-ring (bicyclic) bond motifs is 1. The van der Waals surface area contributed by atoms with E-state index >= 15 is 0 Å². The van der Waals surface area contributed by atoms with Gasteiger partial charge < -0.3 is 14.5 Å². The molecule has 7 nitrogen and oxygen atoms in total. The summed E-state index contributed by atoms with van der Waals surface area (Å²) in [6.07, 6.45) is 0. The third kappa shape index (κ3) is 2.67. The van der Waals surface area contributed by atoms with E-state index in [4.69, 9.17) is 4.74 Å². The van der Waals surface area contributed by atoms with Crippen molar-refractivity contribution in [2.75, 3.05) is 39.9 Å². The second-order valence-electron chi connectivity index (χ2n) is 5.22. The monoisotopic (exact) mass is 302 g/mol.